The molecule has 0 radical (unpaired) electrons. The predicted molar refractivity (Wildman–Crippen MR) is 102 cm³/mol. The molecule has 0 bridgehead atoms. The fourth-order valence-electron chi connectivity index (χ4n) is 3.56. The molecule has 27 heavy (non-hydrogen) atoms. The zero-order valence-electron chi connectivity index (χ0n) is 14.5. The van der Waals surface area contributed by atoms with Gasteiger partial charge in [0.1, 0.15) is 16.8 Å². The molecule has 0 fully saturated rings. The van der Waals surface area contributed by atoms with Crippen LogP contribution in [0.5, 0.6) is 5.75 Å². The summed E-state index contributed by atoms with van der Waals surface area (Å²) in [6.07, 6.45) is 2.10. The summed E-state index contributed by atoms with van der Waals surface area (Å²) in [7, 11) is 0. The van der Waals surface area contributed by atoms with E-state index in [1.165, 1.54) is 16.2 Å². The van der Waals surface area contributed by atoms with Crippen molar-refractivity contribution < 1.29 is 14.3 Å². The summed E-state index contributed by atoms with van der Waals surface area (Å²) < 4.78 is 5.61. The van der Waals surface area contributed by atoms with Crippen molar-refractivity contribution in [1.29, 1.82) is 5.26 Å². The summed E-state index contributed by atoms with van der Waals surface area (Å²) >= 11 is 1.48. The molecule has 0 saturated carbocycles. The van der Waals surface area contributed by atoms with Gasteiger partial charge in [-0.1, -0.05) is 12.1 Å². The third kappa shape index (κ3) is 3.22. The Bertz CT molecular complexity index is 962. The van der Waals surface area contributed by atoms with Crippen molar-refractivity contribution in [1.82, 2.24) is 0 Å². The van der Waals surface area contributed by atoms with E-state index in [4.69, 9.17) is 10.5 Å². The summed E-state index contributed by atoms with van der Waals surface area (Å²) in [5, 5.41) is 12.9. The molecule has 0 spiro atoms. The van der Waals surface area contributed by atoms with Gasteiger partial charge in [-0.25, -0.2) is 0 Å². The first-order valence-corrected chi connectivity index (χ1v) is 9.53. The number of benzene rings is 1. The quantitative estimate of drug-likeness (QED) is 0.838. The molecule has 1 atom stereocenters. The van der Waals surface area contributed by atoms with Crippen molar-refractivity contribution in [3.8, 4) is 11.8 Å². The maximum atomic E-state index is 12.6. The number of ether oxygens (including phenoxy) is 1. The van der Waals surface area contributed by atoms with E-state index in [2.05, 4.69) is 11.4 Å². The minimum absolute atomic E-state index is 0.0393. The van der Waals surface area contributed by atoms with Crippen LogP contribution in [0.25, 0.3) is 0 Å². The lowest BCUT2D eigenvalue weighted by Crippen LogP contribution is -2.49. The number of carbonyl (C=O) groups is 2. The number of para-hydroxylation sites is 2. The van der Waals surface area contributed by atoms with Crippen LogP contribution in [0, 0.1) is 11.3 Å². The molecule has 7 nitrogen and oxygen atoms in total. The summed E-state index contributed by atoms with van der Waals surface area (Å²) in [6.45, 7) is 0.239. The highest BCUT2D eigenvalue weighted by molar-refractivity contribution is 7.16. The van der Waals surface area contributed by atoms with Crippen LogP contribution < -0.4 is 20.7 Å². The molecule has 1 aromatic heterocycles. The highest BCUT2D eigenvalue weighted by Crippen LogP contribution is 2.38. The first-order chi connectivity index (χ1) is 13.1. The standard InChI is InChI=1S/C19H18N4O3S/c20-8-12-11-4-3-7-16(11)27-19(12)22-17(24)10-23-9-15(18(21)25)26-14-6-2-1-5-13(14)23/h1-2,5-6,15H,3-4,7,9-10H2,(H2,21,25)(H,22,24)/t15-/m1/s1. The van der Waals surface area contributed by atoms with E-state index >= 15 is 0 Å². The minimum Gasteiger partial charge on any atom is -0.477 e. The van der Waals surface area contributed by atoms with Gasteiger partial charge in [0, 0.05) is 4.88 Å². The Hall–Kier alpha value is -3.05. The van der Waals surface area contributed by atoms with Gasteiger partial charge in [-0.2, -0.15) is 5.26 Å². The molecule has 2 amide bonds. The number of amides is 2. The van der Waals surface area contributed by atoms with E-state index in [0.29, 0.717) is 16.3 Å². The summed E-state index contributed by atoms with van der Waals surface area (Å²) in [5.41, 5.74) is 7.78. The average molecular weight is 382 g/mol. The highest BCUT2D eigenvalue weighted by atomic mass is 32.1. The minimum atomic E-state index is -0.812. The molecule has 2 aliphatic rings. The Morgan fingerprint density at radius 3 is 2.96 bits per heavy atom. The van der Waals surface area contributed by atoms with Gasteiger partial charge in [-0.3, -0.25) is 9.59 Å². The number of nitriles is 1. The zero-order chi connectivity index (χ0) is 19.0. The Balaban J connectivity index is 1.53. The number of carbonyl (C=O) groups excluding carboxylic acids is 2. The van der Waals surface area contributed by atoms with Crippen LogP contribution in [-0.2, 0) is 22.4 Å². The second-order valence-electron chi connectivity index (χ2n) is 6.58. The third-order valence-corrected chi connectivity index (χ3v) is 6.01. The molecule has 4 rings (SSSR count). The van der Waals surface area contributed by atoms with E-state index < -0.39 is 12.0 Å². The molecule has 0 saturated heterocycles. The van der Waals surface area contributed by atoms with Crippen LogP contribution in [0.1, 0.15) is 22.4 Å². The highest BCUT2D eigenvalue weighted by Gasteiger charge is 2.30. The molecule has 2 heterocycles. The molecular formula is C19H18N4O3S. The number of anilines is 2. The van der Waals surface area contributed by atoms with Gasteiger partial charge in [-0.15, -0.1) is 11.3 Å². The first kappa shape index (κ1) is 17.4. The molecule has 1 aliphatic heterocycles. The van der Waals surface area contributed by atoms with Crippen LogP contribution in [0.3, 0.4) is 0 Å². The Morgan fingerprint density at radius 1 is 1.37 bits per heavy atom. The topological polar surface area (TPSA) is 108 Å². The first-order valence-electron chi connectivity index (χ1n) is 8.71. The van der Waals surface area contributed by atoms with Crippen molar-refractivity contribution in [2.75, 3.05) is 23.3 Å². The molecule has 0 unspecified atom stereocenters. The van der Waals surface area contributed by atoms with Crippen LogP contribution in [-0.4, -0.2) is 31.0 Å². The van der Waals surface area contributed by atoms with Gasteiger partial charge in [0.05, 0.1) is 24.3 Å². The number of aryl methyl sites for hydroxylation is 1. The smallest absolute Gasteiger partial charge is 0.260 e. The van der Waals surface area contributed by atoms with Gasteiger partial charge < -0.3 is 20.7 Å². The predicted octanol–water partition coefficient (Wildman–Crippen LogP) is 1.80. The summed E-state index contributed by atoms with van der Waals surface area (Å²) in [5.74, 6) is -0.295. The monoisotopic (exact) mass is 382 g/mol. The number of nitrogens with two attached hydrogens (primary N) is 1. The zero-order valence-corrected chi connectivity index (χ0v) is 15.3. The number of rotatable bonds is 4. The number of fused-ring (bicyclic) bond motifs is 2. The molecule has 3 N–H and O–H groups in total. The Kier molecular flexibility index (Phi) is 4.46. The number of primary amides is 1. The second-order valence-corrected chi connectivity index (χ2v) is 7.68. The number of nitrogens with zero attached hydrogens (tertiary/aromatic N) is 2. The van der Waals surface area contributed by atoms with Crippen LogP contribution in [0.4, 0.5) is 10.7 Å². The van der Waals surface area contributed by atoms with Crippen molar-refractivity contribution >= 4 is 33.8 Å². The van der Waals surface area contributed by atoms with E-state index in [9.17, 15) is 14.9 Å². The van der Waals surface area contributed by atoms with Gasteiger partial charge in [0.25, 0.3) is 5.91 Å². The normalized spacial score (nSPS) is 17.4. The van der Waals surface area contributed by atoms with E-state index in [0.717, 1.165) is 30.5 Å². The second kappa shape index (κ2) is 6.93. The van der Waals surface area contributed by atoms with Crippen molar-refractivity contribution in [3.63, 3.8) is 0 Å². The largest absolute Gasteiger partial charge is 0.477 e. The van der Waals surface area contributed by atoms with Crippen LogP contribution >= 0.6 is 11.3 Å². The number of thiophene rings is 1. The molecular weight excluding hydrogens is 364 g/mol. The molecule has 1 aromatic carbocycles. The SMILES string of the molecule is N#Cc1c(NC(=O)CN2C[C@H](C(N)=O)Oc3ccccc32)sc2c1CCC2. The Labute approximate surface area is 160 Å². The number of nitrogens with one attached hydrogen (secondary N) is 1. The van der Waals surface area contributed by atoms with E-state index in [1.807, 2.05) is 12.1 Å². The fourth-order valence-corrected chi connectivity index (χ4v) is 4.81. The maximum Gasteiger partial charge on any atom is 0.260 e. The lowest BCUT2D eigenvalue weighted by Gasteiger charge is -2.34. The van der Waals surface area contributed by atoms with Gasteiger partial charge in [-0.05, 0) is 37.0 Å². The van der Waals surface area contributed by atoms with Gasteiger partial charge in [0.15, 0.2) is 6.10 Å². The van der Waals surface area contributed by atoms with Crippen molar-refractivity contribution in [2.24, 2.45) is 5.73 Å². The van der Waals surface area contributed by atoms with Crippen molar-refractivity contribution in [2.45, 2.75) is 25.4 Å². The number of hydrogen-bond donors (Lipinski definition) is 2. The lowest BCUT2D eigenvalue weighted by atomic mass is 10.1. The molecule has 138 valence electrons. The summed E-state index contributed by atoms with van der Waals surface area (Å²) in [6, 6.07) is 9.44. The van der Waals surface area contributed by atoms with Gasteiger partial charge in [0.2, 0.25) is 5.91 Å². The van der Waals surface area contributed by atoms with Crippen LogP contribution in [0.2, 0.25) is 0 Å². The third-order valence-electron chi connectivity index (χ3n) is 4.80. The average Bonchev–Trinajstić information content (AvgIpc) is 3.22. The van der Waals surface area contributed by atoms with E-state index in [-0.39, 0.29) is 19.0 Å². The summed E-state index contributed by atoms with van der Waals surface area (Å²) in [4.78, 5) is 27.2. The molecule has 8 heteroatoms. The maximum absolute atomic E-state index is 12.6. The van der Waals surface area contributed by atoms with Crippen molar-refractivity contribution in [3.05, 3.63) is 40.3 Å². The lowest BCUT2D eigenvalue weighted by molar-refractivity contribution is -0.125. The van der Waals surface area contributed by atoms with Crippen LogP contribution in [0.15, 0.2) is 24.3 Å². The Morgan fingerprint density at radius 2 is 2.19 bits per heavy atom. The molecule has 2 aromatic rings. The molecule has 1 aliphatic carbocycles. The van der Waals surface area contributed by atoms with E-state index in [1.54, 1.807) is 17.0 Å². The fraction of sp³-hybridized carbons (Fsp3) is 0.316. The van der Waals surface area contributed by atoms with Gasteiger partial charge >= 0.3 is 0 Å². The number of hydrogen-bond acceptors (Lipinski definition) is 6.